The molecule has 1 aliphatic heterocycles. The first-order valence-electron chi connectivity index (χ1n) is 7.17. The summed E-state index contributed by atoms with van der Waals surface area (Å²) in [7, 11) is 0. The Morgan fingerprint density at radius 2 is 2.00 bits per heavy atom. The van der Waals surface area contributed by atoms with Crippen LogP contribution in [0, 0.1) is 10.1 Å². The molecule has 112 valence electrons. The molecule has 4 nitrogen and oxygen atoms in total. The Morgan fingerprint density at radius 3 is 2.57 bits per heavy atom. The molecule has 0 atom stereocenters. The molecule has 4 heteroatoms. The largest absolute Gasteiger partial charge is 0.360 e. The van der Waals surface area contributed by atoms with Gasteiger partial charge in [0.2, 0.25) is 6.20 Å². The predicted molar refractivity (Wildman–Crippen MR) is 87.8 cm³/mol. The zero-order valence-electron chi connectivity index (χ0n) is 13.3. The molecule has 1 aliphatic rings. The van der Waals surface area contributed by atoms with Crippen molar-refractivity contribution in [2.24, 2.45) is 0 Å². The highest BCUT2D eigenvalue weighted by Crippen LogP contribution is 2.40. The van der Waals surface area contributed by atoms with Crippen LogP contribution in [0.2, 0.25) is 0 Å². The van der Waals surface area contributed by atoms with Crippen molar-refractivity contribution in [1.29, 1.82) is 0 Å². The van der Waals surface area contributed by atoms with E-state index in [2.05, 4.69) is 51.7 Å². The number of rotatable bonds is 3. The summed E-state index contributed by atoms with van der Waals surface area (Å²) < 4.78 is 0. The van der Waals surface area contributed by atoms with E-state index in [4.69, 9.17) is 0 Å². The molecule has 0 aliphatic carbocycles. The second-order valence-electron chi connectivity index (χ2n) is 6.32. The Labute approximate surface area is 125 Å². The normalized spacial score (nSPS) is 17.0. The topological polar surface area (TPSA) is 46.4 Å². The smallest absolute Gasteiger partial charge is 0.235 e. The van der Waals surface area contributed by atoms with Gasteiger partial charge in [-0.15, -0.1) is 0 Å². The van der Waals surface area contributed by atoms with Crippen molar-refractivity contribution < 1.29 is 4.92 Å². The summed E-state index contributed by atoms with van der Waals surface area (Å²) in [5.41, 5.74) is 4.36. The highest BCUT2D eigenvalue weighted by Gasteiger charge is 2.32. The molecule has 21 heavy (non-hydrogen) atoms. The first kappa shape index (κ1) is 15.3. The monoisotopic (exact) mass is 286 g/mol. The molecule has 1 aromatic rings. The molecule has 0 fully saturated rings. The van der Waals surface area contributed by atoms with E-state index >= 15 is 0 Å². The maximum atomic E-state index is 10.5. The van der Waals surface area contributed by atoms with Crippen LogP contribution >= 0.6 is 0 Å². The van der Waals surface area contributed by atoms with E-state index in [0.717, 1.165) is 17.3 Å². The molecule has 1 heterocycles. The van der Waals surface area contributed by atoms with Crippen molar-refractivity contribution in [3.05, 3.63) is 51.7 Å². The van der Waals surface area contributed by atoms with Gasteiger partial charge in [0.15, 0.2) is 0 Å². The molecule has 0 unspecified atom stereocenters. The van der Waals surface area contributed by atoms with Gasteiger partial charge in [0.05, 0.1) is 10.5 Å². The number of nitrogens with zero attached hydrogens (tertiary/aromatic N) is 2. The fourth-order valence-electron chi connectivity index (χ4n) is 3.26. The van der Waals surface area contributed by atoms with E-state index in [0.29, 0.717) is 6.04 Å². The van der Waals surface area contributed by atoms with Gasteiger partial charge < -0.3 is 4.90 Å². The van der Waals surface area contributed by atoms with E-state index in [1.807, 2.05) is 12.1 Å². The number of benzene rings is 1. The molecule has 0 N–H and O–H groups in total. The SMILES string of the molecule is CC1=CC(C)(C)N(C(C)C)c2ccc(/C=C\[N+](=O)[O-])cc21. The van der Waals surface area contributed by atoms with Crippen LogP contribution in [-0.4, -0.2) is 16.5 Å². The van der Waals surface area contributed by atoms with Gasteiger partial charge in [-0.25, -0.2) is 0 Å². The minimum atomic E-state index is -0.439. The van der Waals surface area contributed by atoms with Gasteiger partial charge in [-0.3, -0.25) is 10.1 Å². The Kier molecular flexibility index (Phi) is 3.90. The van der Waals surface area contributed by atoms with Crippen LogP contribution in [0.15, 0.2) is 30.5 Å². The minimum Gasteiger partial charge on any atom is -0.360 e. The molecule has 2 rings (SSSR count). The van der Waals surface area contributed by atoms with Crippen LogP contribution in [0.4, 0.5) is 5.69 Å². The summed E-state index contributed by atoms with van der Waals surface area (Å²) in [5.74, 6) is 0. The summed E-state index contributed by atoms with van der Waals surface area (Å²) in [6.45, 7) is 10.9. The van der Waals surface area contributed by atoms with E-state index < -0.39 is 4.92 Å². The lowest BCUT2D eigenvalue weighted by molar-refractivity contribution is -0.400. The van der Waals surface area contributed by atoms with Gasteiger partial charge in [0.1, 0.15) is 0 Å². The van der Waals surface area contributed by atoms with E-state index in [1.54, 1.807) is 0 Å². The second-order valence-corrected chi connectivity index (χ2v) is 6.32. The highest BCUT2D eigenvalue weighted by molar-refractivity contribution is 5.82. The number of hydrogen-bond acceptors (Lipinski definition) is 3. The number of hydrogen-bond donors (Lipinski definition) is 0. The molecule has 0 aromatic heterocycles. The average Bonchev–Trinajstić information content (AvgIpc) is 2.35. The van der Waals surface area contributed by atoms with Crippen LogP contribution in [0.1, 0.15) is 45.7 Å². The van der Waals surface area contributed by atoms with E-state index in [1.165, 1.54) is 17.3 Å². The summed E-state index contributed by atoms with van der Waals surface area (Å²) in [4.78, 5) is 12.4. The van der Waals surface area contributed by atoms with Crippen LogP contribution in [0.3, 0.4) is 0 Å². The molecule has 0 saturated heterocycles. The van der Waals surface area contributed by atoms with Gasteiger partial charge in [-0.1, -0.05) is 12.1 Å². The number of allylic oxidation sites excluding steroid dienone is 1. The summed E-state index contributed by atoms with van der Waals surface area (Å²) in [6, 6.07) is 6.39. The number of nitro groups is 1. The molecular formula is C17H22N2O2. The molecule has 0 spiro atoms. The number of anilines is 1. The lowest BCUT2D eigenvalue weighted by atomic mass is 9.87. The van der Waals surface area contributed by atoms with Gasteiger partial charge in [-0.2, -0.15) is 0 Å². The molecule has 0 saturated carbocycles. The summed E-state index contributed by atoms with van der Waals surface area (Å²) in [5, 5.41) is 10.5. The molecule has 0 radical (unpaired) electrons. The Morgan fingerprint density at radius 1 is 1.33 bits per heavy atom. The zero-order chi connectivity index (χ0) is 15.8. The molecule has 0 amide bonds. The molecule has 1 aromatic carbocycles. The Balaban J connectivity index is 2.53. The zero-order valence-corrected chi connectivity index (χ0v) is 13.3. The fourth-order valence-corrected chi connectivity index (χ4v) is 3.26. The lowest BCUT2D eigenvalue weighted by Crippen LogP contribution is -2.49. The van der Waals surface area contributed by atoms with Crippen molar-refractivity contribution in [2.75, 3.05) is 4.90 Å². The van der Waals surface area contributed by atoms with Crippen LogP contribution in [0.5, 0.6) is 0 Å². The third-order valence-electron chi connectivity index (χ3n) is 3.80. The summed E-state index contributed by atoms with van der Waals surface area (Å²) >= 11 is 0. The number of fused-ring (bicyclic) bond motifs is 1. The Hall–Kier alpha value is -2.10. The first-order valence-corrected chi connectivity index (χ1v) is 7.17. The van der Waals surface area contributed by atoms with Crippen molar-refractivity contribution in [2.45, 2.75) is 46.2 Å². The third-order valence-corrected chi connectivity index (χ3v) is 3.80. The fraction of sp³-hybridized carbons (Fsp3) is 0.412. The van der Waals surface area contributed by atoms with Crippen molar-refractivity contribution >= 4 is 17.3 Å². The molecule has 0 bridgehead atoms. The van der Waals surface area contributed by atoms with Gasteiger partial charge in [0.25, 0.3) is 0 Å². The first-order chi connectivity index (χ1) is 9.72. The lowest BCUT2D eigenvalue weighted by Gasteiger charge is -2.46. The van der Waals surface area contributed by atoms with Crippen LogP contribution in [-0.2, 0) is 0 Å². The molecular weight excluding hydrogens is 264 g/mol. The van der Waals surface area contributed by atoms with Crippen molar-refractivity contribution in [1.82, 2.24) is 0 Å². The van der Waals surface area contributed by atoms with Crippen molar-refractivity contribution in [3.63, 3.8) is 0 Å². The van der Waals surface area contributed by atoms with Gasteiger partial charge in [-0.05, 0) is 57.9 Å². The van der Waals surface area contributed by atoms with E-state index in [-0.39, 0.29) is 5.54 Å². The highest BCUT2D eigenvalue weighted by atomic mass is 16.6. The van der Waals surface area contributed by atoms with E-state index in [9.17, 15) is 10.1 Å². The van der Waals surface area contributed by atoms with Gasteiger partial charge in [0, 0.05) is 23.4 Å². The maximum absolute atomic E-state index is 10.5. The van der Waals surface area contributed by atoms with Crippen LogP contribution in [0.25, 0.3) is 11.6 Å². The van der Waals surface area contributed by atoms with Crippen molar-refractivity contribution in [3.8, 4) is 0 Å². The van der Waals surface area contributed by atoms with Gasteiger partial charge >= 0.3 is 0 Å². The predicted octanol–water partition coefficient (Wildman–Crippen LogP) is 4.34. The third kappa shape index (κ3) is 2.99. The standard InChI is InChI=1S/C17H22N2O2/c1-12(2)19-16-7-6-14(8-9-18(20)21)10-15(16)13(3)11-17(19,4)5/h6-12H,1-5H3/b9-8-. The quantitative estimate of drug-likeness (QED) is 0.613. The van der Waals surface area contributed by atoms with Crippen LogP contribution < -0.4 is 4.90 Å². The average molecular weight is 286 g/mol. The summed E-state index contributed by atoms with van der Waals surface area (Å²) in [6.07, 6.45) is 4.77. The second kappa shape index (κ2) is 5.35. The Bertz CT molecular complexity index is 628. The maximum Gasteiger partial charge on any atom is 0.235 e. The minimum absolute atomic E-state index is 0.0383.